The fourth-order valence-corrected chi connectivity index (χ4v) is 2.64. The molecule has 1 aliphatic rings. The fourth-order valence-electron chi connectivity index (χ4n) is 2.64. The molecule has 0 unspecified atom stereocenters. The monoisotopic (exact) mass is 387 g/mol. The highest BCUT2D eigenvalue weighted by Gasteiger charge is 2.13. The molecular weight excluding hydrogens is 362 g/mol. The van der Waals surface area contributed by atoms with Gasteiger partial charge in [0.2, 0.25) is 6.79 Å². The first-order valence-electron chi connectivity index (χ1n) is 9.04. The van der Waals surface area contributed by atoms with Crippen LogP contribution in [0.4, 0.5) is 5.69 Å². The van der Waals surface area contributed by atoms with Gasteiger partial charge in [0.15, 0.2) is 29.0 Å². The number of methoxy groups -OCH3 is 1. The molecule has 1 aliphatic heterocycles. The minimum absolute atomic E-state index is 0.249. The largest absolute Gasteiger partial charge is 0.493 e. The van der Waals surface area contributed by atoms with Crippen molar-refractivity contribution in [1.82, 2.24) is 5.32 Å². The van der Waals surface area contributed by atoms with E-state index in [-0.39, 0.29) is 6.79 Å². The highest BCUT2D eigenvalue weighted by atomic mass is 16.7. The molecule has 0 aromatic heterocycles. The van der Waals surface area contributed by atoms with Crippen molar-refractivity contribution in [2.24, 2.45) is 4.99 Å². The van der Waals surface area contributed by atoms with Crippen molar-refractivity contribution in [3.8, 4) is 28.7 Å². The number of anilines is 1. The lowest BCUT2D eigenvalue weighted by molar-refractivity contribution is 0.173. The number of fused-ring (bicyclic) bond motifs is 1. The third kappa shape index (κ3) is 4.91. The van der Waals surface area contributed by atoms with Crippen molar-refractivity contribution in [3.05, 3.63) is 36.4 Å². The standard InChI is InChI=1S/C20H25N3O5/c1-4-25-16-7-5-14(11-18(16)24-3)23-20(21-2)22-9-10-26-15-6-8-17-19(12-15)28-13-27-17/h5-8,11-12H,4,9-10,13H2,1-3H3,(H2,21,22,23). The topological polar surface area (TPSA) is 82.6 Å². The molecule has 2 aromatic carbocycles. The second-order valence-electron chi connectivity index (χ2n) is 5.79. The van der Waals surface area contributed by atoms with Crippen molar-refractivity contribution in [2.45, 2.75) is 6.92 Å². The Balaban J connectivity index is 1.48. The van der Waals surface area contributed by atoms with Gasteiger partial charge in [0.1, 0.15) is 12.4 Å². The zero-order valence-electron chi connectivity index (χ0n) is 16.3. The quantitative estimate of drug-likeness (QED) is 0.409. The van der Waals surface area contributed by atoms with E-state index in [0.717, 1.165) is 17.2 Å². The first-order valence-corrected chi connectivity index (χ1v) is 9.04. The van der Waals surface area contributed by atoms with Crippen LogP contribution in [0.2, 0.25) is 0 Å². The predicted molar refractivity (Wildman–Crippen MR) is 107 cm³/mol. The Morgan fingerprint density at radius 2 is 1.93 bits per heavy atom. The third-order valence-corrected chi connectivity index (χ3v) is 3.96. The number of aliphatic imine (C=N–C) groups is 1. The van der Waals surface area contributed by atoms with E-state index in [4.69, 9.17) is 23.7 Å². The van der Waals surface area contributed by atoms with Crippen LogP contribution in [-0.4, -0.2) is 46.7 Å². The summed E-state index contributed by atoms with van der Waals surface area (Å²) < 4.78 is 27.3. The van der Waals surface area contributed by atoms with Crippen LogP contribution >= 0.6 is 0 Å². The Hall–Kier alpha value is -3.29. The highest BCUT2D eigenvalue weighted by Crippen LogP contribution is 2.35. The van der Waals surface area contributed by atoms with E-state index in [2.05, 4.69) is 15.6 Å². The molecule has 150 valence electrons. The molecule has 0 spiro atoms. The molecule has 0 saturated carbocycles. The van der Waals surface area contributed by atoms with E-state index < -0.39 is 0 Å². The number of benzene rings is 2. The molecule has 0 radical (unpaired) electrons. The van der Waals surface area contributed by atoms with E-state index in [1.54, 1.807) is 14.2 Å². The molecule has 2 N–H and O–H groups in total. The van der Waals surface area contributed by atoms with Gasteiger partial charge in [0, 0.05) is 24.9 Å². The van der Waals surface area contributed by atoms with Crippen molar-refractivity contribution >= 4 is 11.6 Å². The number of hydrogen-bond acceptors (Lipinski definition) is 6. The van der Waals surface area contributed by atoms with E-state index >= 15 is 0 Å². The second-order valence-corrected chi connectivity index (χ2v) is 5.79. The van der Waals surface area contributed by atoms with Crippen LogP contribution in [0.15, 0.2) is 41.4 Å². The summed E-state index contributed by atoms with van der Waals surface area (Å²) in [5.41, 5.74) is 0.838. The summed E-state index contributed by atoms with van der Waals surface area (Å²) in [6, 6.07) is 11.1. The summed E-state index contributed by atoms with van der Waals surface area (Å²) in [4.78, 5) is 4.22. The minimum Gasteiger partial charge on any atom is -0.493 e. The van der Waals surface area contributed by atoms with Gasteiger partial charge in [-0.25, -0.2) is 0 Å². The van der Waals surface area contributed by atoms with Crippen LogP contribution in [0.3, 0.4) is 0 Å². The lowest BCUT2D eigenvalue weighted by Gasteiger charge is -2.15. The molecule has 2 aromatic rings. The smallest absolute Gasteiger partial charge is 0.231 e. The SMILES string of the molecule is CCOc1ccc(NC(=NC)NCCOc2ccc3c(c2)OCO3)cc1OC. The zero-order chi connectivity index (χ0) is 19.8. The Morgan fingerprint density at radius 1 is 1.07 bits per heavy atom. The van der Waals surface area contributed by atoms with Crippen molar-refractivity contribution in [2.75, 3.05) is 46.0 Å². The first-order chi connectivity index (χ1) is 13.7. The molecule has 0 saturated heterocycles. The maximum atomic E-state index is 5.74. The Bertz CT molecular complexity index is 825. The lowest BCUT2D eigenvalue weighted by atomic mass is 10.2. The molecule has 1 heterocycles. The summed E-state index contributed by atoms with van der Waals surface area (Å²) in [6.45, 7) is 3.80. The van der Waals surface area contributed by atoms with Crippen LogP contribution in [0, 0.1) is 0 Å². The van der Waals surface area contributed by atoms with Crippen LogP contribution in [0.1, 0.15) is 6.92 Å². The number of ether oxygens (including phenoxy) is 5. The average Bonchev–Trinajstić information content (AvgIpc) is 3.19. The van der Waals surface area contributed by atoms with Gasteiger partial charge in [-0.1, -0.05) is 0 Å². The van der Waals surface area contributed by atoms with Crippen LogP contribution < -0.4 is 34.3 Å². The van der Waals surface area contributed by atoms with Crippen LogP contribution in [0.5, 0.6) is 28.7 Å². The van der Waals surface area contributed by atoms with Gasteiger partial charge in [-0.3, -0.25) is 4.99 Å². The first kappa shape index (κ1) is 19.5. The molecule has 0 fully saturated rings. The number of rotatable bonds is 8. The zero-order valence-corrected chi connectivity index (χ0v) is 16.3. The second kappa shape index (κ2) is 9.59. The van der Waals surface area contributed by atoms with Crippen molar-refractivity contribution in [3.63, 3.8) is 0 Å². The van der Waals surface area contributed by atoms with Gasteiger partial charge in [-0.2, -0.15) is 0 Å². The summed E-state index contributed by atoms with van der Waals surface area (Å²) in [5.74, 6) is 4.16. The Morgan fingerprint density at radius 3 is 2.71 bits per heavy atom. The molecular formula is C20H25N3O5. The average molecular weight is 387 g/mol. The highest BCUT2D eigenvalue weighted by molar-refractivity contribution is 5.93. The fraction of sp³-hybridized carbons (Fsp3) is 0.350. The third-order valence-electron chi connectivity index (χ3n) is 3.96. The maximum Gasteiger partial charge on any atom is 0.231 e. The van der Waals surface area contributed by atoms with Crippen LogP contribution in [-0.2, 0) is 0 Å². The van der Waals surface area contributed by atoms with Crippen molar-refractivity contribution in [1.29, 1.82) is 0 Å². The summed E-state index contributed by atoms with van der Waals surface area (Å²) >= 11 is 0. The maximum absolute atomic E-state index is 5.74. The molecule has 0 aliphatic carbocycles. The Kier molecular flexibility index (Phi) is 6.67. The van der Waals surface area contributed by atoms with E-state index in [1.807, 2.05) is 43.3 Å². The van der Waals surface area contributed by atoms with Crippen molar-refractivity contribution < 1.29 is 23.7 Å². The number of nitrogens with zero attached hydrogens (tertiary/aromatic N) is 1. The summed E-state index contributed by atoms with van der Waals surface area (Å²) in [7, 11) is 3.32. The lowest BCUT2D eigenvalue weighted by Crippen LogP contribution is -2.33. The normalized spacial score (nSPS) is 12.5. The number of hydrogen-bond donors (Lipinski definition) is 2. The Labute approximate surface area is 164 Å². The van der Waals surface area contributed by atoms with Crippen LogP contribution in [0.25, 0.3) is 0 Å². The van der Waals surface area contributed by atoms with E-state index in [9.17, 15) is 0 Å². The van der Waals surface area contributed by atoms with Gasteiger partial charge in [0.05, 0.1) is 20.3 Å². The van der Waals surface area contributed by atoms with Gasteiger partial charge in [-0.05, 0) is 31.2 Å². The molecule has 0 atom stereocenters. The predicted octanol–water partition coefficient (Wildman–Crippen LogP) is 2.89. The van der Waals surface area contributed by atoms with E-state index in [1.165, 1.54) is 0 Å². The summed E-state index contributed by atoms with van der Waals surface area (Å²) in [5, 5.41) is 6.42. The molecule has 0 bridgehead atoms. The number of nitrogens with one attached hydrogen (secondary N) is 2. The van der Waals surface area contributed by atoms with Gasteiger partial charge in [0.25, 0.3) is 0 Å². The van der Waals surface area contributed by atoms with Gasteiger partial charge >= 0.3 is 0 Å². The van der Waals surface area contributed by atoms with Gasteiger partial charge < -0.3 is 34.3 Å². The molecule has 3 rings (SSSR count). The molecule has 28 heavy (non-hydrogen) atoms. The molecule has 8 heteroatoms. The minimum atomic E-state index is 0.249. The van der Waals surface area contributed by atoms with E-state index in [0.29, 0.717) is 43.0 Å². The molecule has 8 nitrogen and oxygen atoms in total. The van der Waals surface area contributed by atoms with Gasteiger partial charge in [-0.15, -0.1) is 0 Å². The number of guanidine groups is 1. The molecule has 0 amide bonds. The summed E-state index contributed by atoms with van der Waals surface area (Å²) in [6.07, 6.45) is 0.